The Morgan fingerprint density at radius 3 is 2.44 bits per heavy atom. The van der Waals surface area contributed by atoms with Gasteiger partial charge in [-0.3, -0.25) is 9.59 Å². The third-order valence-corrected chi connectivity index (χ3v) is 3.32. The topological polar surface area (TPSA) is 66.4 Å². The maximum absolute atomic E-state index is 11.4. The number of amides is 1. The van der Waals surface area contributed by atoms with E-state index >= 15 is 0 Å². The zero-order chi connectivity index (χ0) is 13.8. The van der Waals surface area contributed by atoms with E-state index in [0.29, 0.717) is 24.6 Å². The summed E-state index contributed by atoms with van der Waals surface area (Å²) in [5, 5.41) is 11.5. The van der Waals surface area contributed by atoms with Crippen LogP contribution in [0.2, 0.25) is 0 Å². The molecule has 0 aromatic carbocycles. The molecule has 0 aromatic rings. The standard InChI is InChI=1S/C12H23NO3S2/c14-11(13-8-3-6-12(15)16)5-2-1-4-10(18)7-9-17/h10,17-18H,1-9H2,(H,13,14)(H,15,16). The first-order valence-corrected chi connectivity index (χ1v) is 7.48. The van der Waals surface area contributed by atoms with Gasteiger partial charge in [-0.15, -0.1) is 0 Å². The minimum absolute atomic E-state index is 0.00491. The van der Waals surface area contributed by atoms with Crippen LogP contribution in [0.25, 0.3) is 0 Å². The van der Waals surface area contributed by atoms with Gasteiger partial charge in [0.15, 0.2) is 0 Å². The summed E-state index contributed by atoms with van der Waals surface area (Å²) < 4.78 is 0. The first-order valence-electron chi connectivity index (χ1n) is 6.33. The fourth-order valence-electron chi connectivity index (χ4n) is 1.51. The predicted octanol–water partition coefficient (Wildman–Crippen LogP) is 2.15. The second-order valence-electron chi connectivity index (χ2n) is 4.26. The Kier molecular flexibility index (Phi) is 11.5. The molecule has 0 bridgehead atoms. The SMILES string of the molecule is O=C(O)CCCNC(=O)CCCCC(S)CCS. The molecule has 0 fully saturated rings. The minimum atomic E-state index is -0.826. The molecule has 0 aromatic heterocycles. The Hall–Kier alpha value is -0.360. The summed E-state index contributed by atoms with van der Waals surface area (Å²) in [6.45, 7) is 0.444. The summed E-state index contributed by atoms with van der Waals surface area (Å²) in [6.07, 6.45) is 4.95. The van der Waals surface area contributed by atoms with Crippen molar-refractivity contribution in [1.29, 1.82) is 0 Å². The van der Waals surface area contributed by atoms with E-state index in [2.05, 4.69) is 30.6 Å². The number of carbonyl (C=O) groups is 2. The Morgan fingerprint density at radius 1 is 1.11 bits per heavy atom. The summed E-state index contributed by atoms with van der Waals surface area (Å²) >= 11 is 8.56. The lowest BCUT2D eigenvalue weighted by Gasteiger charge is -2.08. The van der Waals surface area contributed by atoms with Crippen molar-refractivity contribution in [3.05, 3.63) is 0 Å². The summed E-state index contributed by atoms with van der Waals surface area (Å²) in [4.78, 5) is 21.6. The van der Waals surface area contributed by atoms with Gasteiger partial charge in [0.05, 0.1) is 0 Å². The third kappa shape index (κ3) is 12.1. The van der Waals surface area contributed by atoms with Gasteiger partial charge in [-0.25, -0.2) is 0 Å². The molecule has 0 saturated heterocycles. The van der Waals surface area contributed by atoms with Gasteiger partial charge in [-0.1, -0.05) is 6.42 Å². The number of carboxylic acid groups (broad SMARTS) is 1. The van der Waals surface area contributed by atoms with Crippen LogP contribution >= 0.6 is 25.3 Å². The number of nitrogens with one attached hydrogen (secondary N) is 1. The third-order valence-electron chi connectivity index (χ3n) is 2.54. The molecule has 2 N–H and O–H groups in total. The van der Waals surface area contributed by atoms with Crippen molar-refractivity contribution in [2.45, 2.75) is 50.2 Å². The molecule has 6 heteroatoms. The molecule has 106 valence electrons. The number of aliphatic carboxylic acids is 1. The number of unbranched alkanes of at least 4 members (excludes halogenated alkanes) is 1. The number of carbonyl (C=O) groups excluding carboxylic acids is 1. The Morgan fingerprint density at radius 2 is 1.83 bits per heavy atom. The summed E-state index contributed by atoms with van der Waals surface area (Å²) in [7, 11) is 0. The predicted molar refractivity (Wildman–Crippen MR) is 79.6 cm³/mol. The van der Waals surface area contributed by atoms with Crippen LogP contribution < -0.4 is 5.32 Å². The highest BCUT2D eigenvalue weighted by Crippen LogP contribution is 2.12. The molecule has 0 spiro atoms. The van der Waals surface area contributed by atoms with Crippen LogP contribution in [0.15, 0.2) is 0 Å². The van der Waals surface area contributed by atoms with Crippen LogP contribution in [0.5, 0.6) is 0 Å². The summed E-state index contributed by atoms with van der Waals surface area (Å²) in [5.74, 6) is 0.0247. The summed E-state index contributed by atoms with van der Waals surface area (Å²) in [6, 6.07) is 0. The molecule has 1 unspecified atom stereocenters. The van der Waals surface area contributed by atoms with Crippen molar-refractivity contribution in [1.82, 2.24) is 5.32 Å². The molecule has 0 saturated carbocycles. The maximum Gasteiger partial charge on any atom is 0.303 e. The molecular formula is C12H23NO3S2. The Balaban J connectivity index is 3.34. The van der Waals surface area contributed by atoms with Gasteiger partial charge in [0, 0.05) is 24.6 Å². The van der Waals surface area contributed by atoms with Crippen LogP contribution in [0.4, 0.5) is 0 Å². The van der Waals surface area contributed by atoms with Gasteiger partial charge >= 0.3 is 5.97 Å². The van der Waals surface area contributed by atoms with E-state index in [1.807, 2.05) is 0 Å². The van der Waals surface area contributed by atoms with Crippen LogP contribution in [0, 0.1) is 0 Å². The van der Waals surface area contributed by atoms with Gasteiger partial charge in [-0.2, -0.15) is 25.3 Å². The lowest BCUT2D eigenvalue weighted by Crippen LogP contribution is -2.24. The second-order valence-corrected chi connectivity index (χ2v) is 5.44. The smallest absolute Gasteiger partial charge is 0.303 e. The zero-order valence-corrected chi connectivity index (χ0v) is 12.4. The molecule has 0 rings (SSSR count). The van der Waals surface area contributed by atoms with E-state index in [1.165, 1.54) is 0 Å². The molecule has 4 nitrogen and oxygen atoms in total. The number of hydrogen-bond donors (Lipinski definition) is 4. The average molecular weight is 293 g/mol. The van der Waals surface area contributed by atoms with Crippen molar-refractivity contribution >= 4 is 37.1 Å². The van der Waals surface area contributed by atoms with E-state index < -0.39 is 5.97 Å². The van der Waals surface area contributed by atoms with E-state index in [1.54, 1.807) is 0 Å². The van der Waals surface area contributed by atoms with E-state index in [-0.39, 0.29) is 12.3 Å². The molecule has 0 aliphatic heterocycles. The Labute approximate surface area is 120 Å². The fraction of sp³-hybridized carbons (Fsp3) is 0.833. The highest BCUT2D eigenvalue weighted by molar-refractivity contribution is 7.81. The quantitative estimate of drug-likeness (QED) is 0.348. The van der Waals surface area contributed by atoms with Gasteiger partial charge < -0.3 is 10.4 Å². The van der Waals surface area contributed by atoms with E-state index in [4.69, 9.17) is 5.11 Å². The van der Waals surface area contributed by atoms with Gasteiger partial charge in [-0.05, 0) is 31.4 Å². The first-order chi connectivity index (χ1) is 8.56. The minimum Gasteiger partial charge on any atom is -0.481 e. The van der Waals surface area contributed by atoms with E-state index in [9.17, 15) is 9.59 Å². The molecule has 0 aliphatic rings. The first kappa shape index (κ1) is 17.6. The lowest BCUT2D eigenvalue weighted by atomic mass is 10.1. The van der Waals surface area contributed by atoms with Gasteiger partial charge in [0.2, 0.25) is 5.91 Å². The lowest BCUT2D eigenvalue weighted by molar-refractivity contribution is -0.137. The van der Waals surface area contributed by atoms with Crippen LogP contribution in [-0.2, 0) is 9.59 Å². The largest absolute Gasteiger partial charge is 0.481 e. The number of hydrogen-bond acceptors (Lipinski definition) is 4. The molecule has 18 heavy (non-hydrogen) atoms. The molecule has 0 heterocycles. The summed E-state index contributed by atoms with van der Waals surface area (Å²) in [5.41, 5.74) is 0. The van der Waals surface area contributed by atoms with Gasteiger partial charge in [0.25, 0.3) is 0 Å². The number of rotatable bonds is 11. The normalized spacial score (nSPS) is 12.1. The zero-order valence-electron chi connectivity index (χ0n) is 10.6. The molecule has 0 aliphatic carbocycles. The van der Waals surface area contributed by atoms with Crippen molar-refractivity contribution < 1.29 is 14.7 Å². The van der Waals surface area contributed by atoms with Gasteiger partial charge in [0.1, 0.15) is 0 Å². The number of carboxylic acids is 1. The van der Waals surface area contributed by atoms with Crippen molar-refractivity contribution in [3.63, 3.8) is 0 Å². The van der Waals surface area contributed by atoms with Crippen molar-refractivity contribution in [2.24, 2.45) is 0 Å². The highest BCUT2D eigenvalue weighted by Gasteiger charge is 2.04. The number of thiol groups is 2. The van der Waals surface area contributed by atoms with Crippen molar-refractivity contribution in [3.8, 4) is 0 Å². The Bertz CT molecular complexity index is 249. The highest BCUT2D eigenvalue weighted by atomic mass is 32.1. The molecule has 1 atom stereocenters. The molecular weight excluding hydrogens is 270 g/mol. The van der Waals surface area contributed by atoms with Crippen LogP contribution in [-0.4, -0.2) is 34.5 Å². The monoisotopic (exact) mass is 293 g/mol. The van der Waals surface area contributed by atoms with E-state index in [0.717, 1.165) is 31.4 Å². The second kappa shape index (κ2) is 11.7. The molecule has 0 radical (unpaired) electrons. The maximum atomic E-state index is 11.4. The van der Waals surface area contributed by atoms with Crippen molar-refractivity contribution in [2.75, 3.05) is 12.3 Å². The fourth-order valence-corrected chi connectivity index (χ4v) is 2.34. The average Bonchev–Trinajstić information content (AvgIpc) is 2.30. The molecule has 1 amide bonds. The van der Waals surface area contributed by atoms with Crippen LogP contribution in [0.1, 0.15) is 44.9 Å². The van der Waals surface area contributed by atoms with Crippen LogP contribution in [0.3, 0.4) is 0 Å².